The highest BCUT2D eigenvalue weighted by atomic mass is 16.6. The minimum Gasteiger partial charge on any atom is -0.462 e. The van der Waals surface area contributed by atoms with Crippen molar-refractivity contribution >= 4 is 17.9 Å². The first-order valence-corrected chi connectivity index (χ1v) is 33.5. The first-order chi connectivity index (χ1) is 40.5. The molecule has 0 aliphatic rings. The topological polar surface area (TPSA) is 78.9 Å². The van der Waals surface area contributed by atoms with Gasteiger partial charge < -0.3 is 14.2 Å². The van der Waals surface area contributed by atoms with Crippen molar-refractivity contribution in [3.05, 3.63) is 158 Å². The number of hydrogen-bond acceptors (Lipinski definition) is 6. The summed E-state index contributed by atoms with van der Waals surface area (Å²) >= 11 is 0. The molecule has 462 valence electrons. The summed E-state index contributed by atoms with van der Waals surface area (Å²) in [6.45, 7) is 6.37. The molecule has 6 heteroatoms. The van der Waals surface area contributed by atoms with E-state index in [1.165, 1.54) is 96.3 Å². The van der Waals surface area contributed by atoms with E-state index in [9.17, 15) is 14.4 Å². The summed E-state index contributed by atoms with van der Waals surface area (Å²) in [7, 11) is 0. The summed E-state index contributed by atoms with van der Waals surface area (Å²) in [5.41, 5.74) is 0. The lowest BCUT2D eigenvalue weighted by Crippen LogP contribution is -2.30. The predicted molar refractivity (Wildman–Crippen MR) is 357 cm³/mol. The second-order valence-corrected chi connectivity index (χ2v) is 21.6. The lowest BCUT2D eigenvalue weighted by Gasteiger charge is -2.18. The number of esters is 3. The number of rotatable bonds is 59. The maximum absolute atomic E-state index is 12.9. The normalized spacial score (nSPS) is 13.2. The Morgan fingerprint density at radius 3 is 0.756 bits per heavy atom. The molecular formula is C76H122O6. The van der Waals surface area contributed by atoms with Crippen LogP contribution in [-0.2, 0) is 28.6 Å². The summed E-state index contributed by atoms with van der Waals surface area (Å²) in [5.74, 6) is -0.936. The van der Waals surface area contributed by atoms with Crippen LogP contribution in [-0.4, -0.2) is 37.2 Å². The van der Waals surface area contributed by atoms with Crippen LogP contribution in [0.25, 0.3) is 0 Å². The van der Waals surface area contributed by atoms with E-state index in [1.807, 2.05) is 0 Å². The van der Waals surface area contributed by atoms with Gasteiger partial charge in [0.05, 0.1) is 0 Å². The van der Waals surface area contributed by atoms with E-state index in [0.717, 1.165) is 148 Å². The maximum atomic E-state index is 12.9. The molecule has 0 aromatic heterocycles. The monoisotopic (exact) mass is 1130 g/mol. The minimum atomic E-state index is -0.804. The number of carbonyl (C=O) groups is 3. The van der Waals surface area contributed by atoms with Crippen molar-refractivity contribution < 1.29 is 28.6 Å². The number of hydrogen-bond donors (Lipinski definition) is 0. The Morgan fingerprint density at radius 1 is 0.256 bits per heavy atom. The fourth-order valence-electron chi connectivity index (χ4n) is 8.84. The van der Waals surface area contributed by atoms with Gasteiger partial charge in [0, 0.05) is 19.3 Å². The first kappa shape index (κ1) is 77.0. The third-order valence-corrected chi connectivity index (χ3v) is 13.8. The van der Waals surface area contributed by atoms with E-state index in [2.05, 4.69) is 179 Å². The van der Waals surface area contributed by atoms with E-state index in [4.69, 9.17) is 14.2 Å². The van der Waals surface area contributed by atoms with E-state index in [1.54, 1.807) is 0 Å². The van der Waals surface area contributed by atoms with Crippen molar-refractivity contribution in [2.75, 3.05) is 13.2 Å². The van der Waals surface area contributed by atoms with Crippen molar-refractivity contribution in [1.82, 2.24) is 0 Å². The third kappa shape index (κ3) is 65.8. The Hall–Kier alpha value is -4.97. The molecular weight excluding hydrogens is 1010 g/mol. The number of unbranched alkanes of at least 4 members (excludes halogenated alkanes) is 22. The number of ether oxygens (including phenoxy) is 3. The zero-order valence-corrected chi connectivity index (χ0v) is 52.9. The van der Waals surface area contributed by atoms with Crippen LogP contribution in [0.5, 0.6) is 0 Å². The molecule has 0 rings (SSSR count). The van der Waals surface area contributed by atoms with Crippen LogP contribution in [0.2, 0.25) is 0 Å². The Labute approximate surface area is 505 Å². The molecule has 0 saturated heterocycles. The van der Waals surface area contributed by atoms with Crippen molar-refractivity contribution in [2.24, 2.45) is 0 Å². The Bertz CT molecular complexity index is 1830. The van der Waals surface area contributed by atoms with Gasteiger partial charge in [-0.1, -0.05) is 294 Å². The molecule has 82 heavy (non-hydrogen) atoms. The van der Waals surface area contributed by atoms with E-state index in [-0.39, 0.29) is 37.5 Å². The summed E-state index contributed by atoms with van der Waals surface area (Å²) in [6, 6.07) is 0. The molecule has 0 aliphatic carbocycles. The van der Waals surface area contributed by atoms with Gasteiger partial charge in [-0.3, -0.25) is 14.4 Å². The second kappa shape index (κ2) is 68.5. The molecule has 0 aliphatic heterocycles. The quantitative estimate of drug-likeness (QED) is 0.0261. The molecule has 1 unspecified atom stereocenters. The van der Waals surface area contributed by atoms with Crippen molar-refractivity contribution in [3.8, 4) is 0 Å². The summed E-state index contributed by atoms with van der Waals surface area (Å²) in [6.07, 6.45) is 99.7. The summed E-state index contributed by atoms with van der Waals surface area (Å²) < 4.78 is 16.9. The maximum Gasteiger partial charge on any atom is 0.306 e. The van der Waals surface area contributed by atoms with Gasteiger partial charge in [0.15, 0.2) is 6.10 Å². The molecule has 0 bridgehead atoms. The van der Waals surface area contributed by atoms with Gasteiger partial charge in [0.1, 0.15) is 13.2 Å². The smallest absolute Gasteiger partial charge is 0.306 e. The van der Waals surface area contributed by atoms with Crippen LogP contribution < -0.4 is 0 Å². The largest absolute Gasteiger partial charge is 0.462 e. The highest BCUT2D eigenvalue weighted by Gasteiger charge is 2.19. The van der Waals surface area contributed by atoms with Crippen LogP contribution >= 0.6 is 0 Å². The SMILES string of the molecule is CC/C=C\C/C=C\C/C=C\C/C=C\C/C=C\C/C=C\C/C=C\CCCCCC(=O)OC(COC(=O)CCCCCCCCCCCC)COC(=O)CCCCCCCCCCCC/C=C\C/C=C\C/C=C\C/C=C\C/C=C\C/C=C\CC. The van der Waals surface area contributed by atoms with Crippen LogP contribution in [0.3, 0.4) is 0 Å². The van der Waals surface area contributed by atoms with Gasteiger partial charge in [-0.25, -0.2) is 0 Å². The third-order valence-electron chi connectivity index (χ3n) is 13.8. The standard InChI is InChI=1S/C76H122O6/c1-4-7-10-13-16-19-22-24-26-28-30-32-34-36-37-38-39-41-42-44-46-48-50-52-54-57-60-63-66-69-75(78)81-72-73(71-80-74(77)68-65-62-59-56-21-18-15-12-9-6-3)82-76(79)70-67-64-61-58-55-53-51-49-47-45-43-40-35-33-31-29-27-25-23-20-17-14-11-8-5-2/h7-8,10-11,16-17,19-20,24-27,30-33,36-37,39-41,43,47,49,53,55,73H,4-6,9,12-15,18,21-23,28-29,34-35,38,42,44-46,48,50-52,54,56-72H2,1-3H3/b10-7-,11-8-,19-16-,20-17-,26-24-,27-25-,32-30-,33-31-,37-36-,41-39-,43-40-,49-47-,55-53-. The fourth-order valence-corrected chi connectivity index (χ4v) is 8.84. The molecule has 0 radical (unpaired) electrons. The van der Waals surface area contributed by atoms with Gasteiger partial charge >= 0.3 is 17.9 Å². The van der Waals surface area contributed by atoms with Crippen LogP contribution in [0, 0.1) is 0 Å². The minimum absolute atomic E-state index is 0.0966. The van der Waals surface area contributed by atoms with E-state index < -0.39 is 6.10 Å². The highest BCUT2D eigenvalue weighted by Crippen LogP contribution is 2.15. The molecule has 0 aromatic rings. The van der Waals surface area contributed by atoms with E-state index >= 15 is 0 Å². The molecule has 0 amide bonds. The van der Waals surface area contributed by atoms with Crippen molar-refractivity contribution in [1.29, 1.82) is 0 Å². The molecule has 6 nitrogen and oxygen atoms in total. The Kier molecular flexibility index (Phi) is 64.4. The van der Waals surface area contributed by atoms with Crippen molar-refractivity contribution in [2.45, 2.75) is 290 Å². The van der Waals surface area contributed by atoms with Gasteiger partial charge in [0.2, 0.25) is 0 Å². The Balaban J connectivity index is 4.33. The number of carbonyl (C=O) groups excluding carboxylic acids is 3. The molecule has 0 fully saturated rings. The summed E-state index contributed by atoms with van der Waals surface area (Å²) in [4.78, 5) is 38.3. The van der Waals surface area contributed by atoms with Gasteiger partial charge in [0.25, 0.3) is 0 Å². The molecule has 0 spiro atoms. The lowest BCUT2D eigenvalue weighted by molar-refractivity contribution is -0.167. The van der Waals surface area contributed by atoms with Crippen molar-refractivity contribution in [3.63, 3.8) is 0 Å². The molecule has 0 N–H and O–H groups in total. The van der Waals surface area contributed by atoms with E-state index in [0.29, 0.717) is 12.8 Å². The average molecular weight is 1130 g/mol. The highest BCUT2D eigenvalue weighted by molar-refractivity contribution is 5.71. The molecule has 1 atom stereocenters. The molecule has 0 aromatic carbocycles. The second-order valence-electron chi connectivity index (χ2n) is 21.6. The fraction of sp³-hybridized carbons (Fsp3) is 0.618. The Morgan fingerprint density at radius 2 is 0.476 bits per heavy atom. The molecule has 0 heterocycles. The first-order valence-electron chi connectivity index (χ1n) is 33.5. The van der Waals surface area contributed by atoms with Crippen LogP contribution in [0.4, 0.5) is 0 Å². The summed E-state index contributed by atoms with van der Waals surface area (Å²) in [5, 5.41) is 0. The van der Waals surface area contributed by atoms with Gasteiger partial charge in [-0.15, -0.1) is 0 Å². The zero-order chi connectivity index (χ0) is 59.2. The lowest BCUT2D eigenvalue weighted by atomic mass is 10.1. The van der Waals surface area contributed by atoms with Gasteiger partial charge in [-0.2, -0.15) is 0 Å². The van der Waals surface area contributed by atoms with Gasteiger partial charge in [-0.05, 0) is 128 Å². The zero-order valence-electron chi connectivity index (χ0n) is 52.9. The number of allylic oxidation sites excluding steroid dienone is 26. The average Bonchev–Trinajstić information content (AvgIpc) is 3.47. The molecule has 0 saturated carbocycles. The van der Waals surface area contributed by atoms with Crippen LogP contribution in [0.15, 0.2) is 158 Å². The van der Waals surface area contributed by atoms with Crippen LogP contribution in [0.1, 0.15) is 284 Å². The predicted octanol–water partition coefficient (Wildman–Crippen LogP) is 23.3.